The molecule has 1 rings (SSSR count). The summed E-state index contributed by atoms with van der Waals surface area (Å²) in [7, 11) is 0. The SMILES string of the molecule is C=CCCCCCC(NN)c1cc(C)cc(Br)c1. The zero-order valence-electron chi connectivity index (χ0n) is 11.1. The summed E-state index contributed by atoms with van der Waals surface area (Å²) in [6.07, 6.45) is 7.81. The molecular formula is C15H23BrN2. The predicted molar refractivity (Wildman–Crippen MR) is 82.2 cm³/mol. The molecule has 0 bridgehead atoms. The molecule has 0 saturated heterocycles. The van der Waals surface area contributed by atoms with Gasteiger partial charge in [0.15, 0.2) is 0 Å². The highest BCUT2D eigenvalue weighted by Gasteiger charge is 2.10. The number of nitrogens with two attached hydrogens (primary N) is 1. The van der Waals surface area contributed by atoms with Gasteiger partial charge in [0.2, 0.25) is 0 Å². The van der Waals surface area contributed by atoms with Crippen molar-refractivity contribution in [2.75, 3.05) is 0 Å². The maximum Gasteiger partial charge on any atom is 0.0460 e. The van der Waals surface area contributed by atoms with Gasteiger partial charge in [-0.3, -0.25) is 11.3 Å². The van der Waals surface area contributed by atoms with Crippen LogP contribution < -0.4 is 11.3 Å². The Morgan fingerprint density at radius 2 is 2.11 bits per heavy atom. The number of hydrazine groups is 1. The van der Waals surface area contributed by atoms with Crippen LogP contribution in [0.2, 0.25) is 0 Å². The fourth-order valence-electron chi connectivity index (χ4n) is 2.13. The van der Waals surface area contributed by atoms with Crippen molar-refractivity contribution < 1.29 is 0 Å². The van der Waals surface area contributed by atoms with Crippen molar-refractivity contribution in [2.45, 2.75) is 45.1 Å². The minimum atomic E-state index is 0.241. The first-order valence-corrected chi connectivity index (χ1v) is 7.30. The minimum Gasteiger partial charge on any atom is -0.271 e. The molecule has 0 heterocycles. The molecule has 0 spiro atoms. The van der Waals surface area contributed by atoms with Gasteiger partial charge >= 0.3 is 0 Å². The summed E-state index contributed by atoms with van der Waals surface area (Å²) in [5, 5.41) is 0. The fourth-order valence-corrected chi connectivity index (χ4v) is 2.75. The Kier molecular flexibility index (Phi) is 7.25. The number of unbranched alkanes of at least 4 members (excludes halogenated alkanes) is 3. The molecule has 0 aromatic heterocycles. The lowest BCUT2D eigenvalue weighted by Gasteiger charge is -2.17. The lowest BCUT2D eigenvalue weighted by molar-refractivity contribution is 0.483. The normalized spacial score (nSPS) is 12.4. The van der Waals surface area contributed by atoms with Gasteiger partial charge in [0, 0.05) is 10.5 Å². The second-order valence-corrected chi connectivity index (χ2v) is 5.62. The molecule has 18 heavy (non-hydrogen) atoms. The third-order valence-electron chi connectivity index (χ3n) is 3.07. The Bertz CT molecular complexity index is 357. The number of nitrogens with one attached hydrogen (secondary N) is 1. The van der Waals surface area contributed by atoms with Gasteiger partial charge in [0.05, 0.1) is 0 Å². The van der Waals surface area contributed by atoms with Gasteiger partial charge in [0.25, 0.3) is 0 Å². The van der Waals surface area contributed by atoms with E-state index in [-0.39, 0.29) is 6.04 Å². The number of aryl methyl sites for hydroxylation is 1. The fraction of sp³-hybridized carbons (Fsp3) is 0.467. The quantitative estimate of drug-likeness (QED) is 0.323. The number of hydrogen-bond acceptors (Lipinski definition) is 2. The monoisotopic (exact) mass is 310 g/mol. The van der Waals surface area contributed by atoms with Crippen LogP contribution in [-0.4, -0.2) is 0 Å². The molecule has 0 radical (unpaired) electrons. The predicted octanol–water partition coefficient (Wildman–Crippen LogP) is 4.40. The van der Waals surface area contributed by atoms with Crippen molar-refractivity contribution in [2.24, 2.45) is 5.84 Å². The van der Waals surface area contributed by atoms with E-state index in [9.17, 15) is 0 Å². The lowest BCUT2D eigenvalue weighted by Crippen LogP contribution is -2.28. The van der Waals surface area contributed by atoms with Crippen LogP contribution in [-0.2, 0) is 0 Å². The molecule has 2 nitrogen and oxygen atoms in total. The van der Waals surface area contributed by atoms with E-state index >= 15 is 0 Å². The minimum absolute atomic E-state index is 0.241. The number of halogens is 1. The van der Waals surface area contributed by atoms with Gasteiger partial charge in [0.1, 0.15) is 0 Å². The van der Waals surface area contributed by atoms with Crippen LogP contribution >= 0.6 is 15.9 Å². The summed E-state index contributed by atoms with van der Waals surface area (Å²) in [5.41, 5.74) is 5.44. The average Bonchev–Trinajstić information content (AvgIpc) is 2.32. The van der Waals surface area contributed by atoms with Crippen molar-refractivity contribution in [1.82, 2.24) is 5.43 Å². The zero-order chi connectivity index (χ0) is 13.4. The first-order chi connectivity index (χ1) is 8.67. The molecule has 0 aliphatic rings. The van der Waals surface area contributed by atoms with Crippen LogP contribution in [0.4, 0.5) is 0 Å². The van der Waals surface area contributed by atoms with Crippen molar-refractivity contribution in [1.29, 1.82) is 0 Å². The van der Waals surface area contributed by atoms with E-state index in [4.69, 9.17) is 5.84 Å². The largest absolute Gasteiger partial charge is 0.271 e. The summed E-state index contributed by atoms with van der Waals surface area (Å²) in [6.45, 7) is 5.84. The Morgan fingerprint density at radius 1 is 1.33 bits per heavy atom. The van der Waals surface area contributed by atoms with Gasteiger partial charge in [-0.2, -0.15) is 0 Å². The highest BCUT2D eigenvalue weighted by molar-refractivity contribution is 9.10. The van der Waals surface area contributed by atoms with Crippen molar-refractivity contribution >= 4 is 15.9 Å². The Hall–Kier alpha value is -0.640. The third kappa shape index (κ3) is 5.34. The van der Waals surface area contributed by atoms with E-state index in [0.29, 0.717) is 0 Å². The zero-order valence-corrected chi connectivity index (χ0v) is 12.7. The van der Waals surface area contributed by atoms with E-state index in [1.54, 1.807) is 0 Å². The first kappa shape index (κ1) is 15.4. The molecule has 1 atom stereocenters. The molecular weight excluding hydrogens is 288 g/mol. The van der Waals surface area contributed by atoms with Crippen molar-refractivity contribution in [3.63, 3.8) is 0 Å². The molecule has 1 unspecified atom stereocenters. The average molecular weight is 311 g/mol. The molecule has 100 valence electrons. The summed E-state index contributed by atoms with van der Waals surface area (Å²) in [5.74, 6) is 5.66. The summed E-state index contributed by atoms with van der Waals surface area (Å²) in [4.78, 5) is 0. The molecule has 1 aromatic carbocycles. The first-order valence-electron chi connectivity index (χ1n) is 6.51. The Labute approximate surface area is 119 Å². The van der Waals surface area contributed by atoms with Crippen LogP contribution in [0.5, 0.6) is 0 Å². The second-order valence-electron chi connectivity index (χ2n) is 4.71. The van der Waals surface area contributed by atoms with Crippen LogP contribution in [0.3, 0.4) is 0 Å². The standard InChI is InChI=1S/C15H23BrN2/c1-3-4-5-6-7-8-15(18-17)13-9-12(2)10-14(16)11-13/h3,9-11,15,18H,1,4-8,17H2,2H3. The number of rotatable bonds is 8. The van der Waals surface area contributed by atoms with E-state index in [1.165, 1.54) is 30.4 Å². The molecule has 0 saturated carbocycles. The van der Waals surface area contributed by atoms with Gasteiger partial charge in [-0.15, -0.1) is 6.58 Å². The highest BCUT2D eigenvalue weighted by Crippen LogP contribution is 2.24. The topological polar surface area (TPSA) is 38.0 Å². The number of benzene rings is 1. The van der Waals surface area contributed by atoms with Crippen molar-refractivity contribution in [3.8, 4) is 0 Å². The third-order valence-corrected chi connectivity index (χ3v) is 3.53. The number of hydrogen-bond donors (Lipinski definition) is 2. The molecule has 1 aromatic rings. The second kappa shape index (κ2) is 8.46. The molecule has 0 aliphatic heterocycles. The van der Waals surface area contributed by atoms with Gasteiger partial charge in [-0.05, 0) is 49.4 Å². The van der Waals surface area contributed by atoms with E-state index in [2.05, 4.69) is 53.1 Å². The van der Waals surface area contributed by atoms with Crippen LogP contribution in [0.1, 0.15) is 49.3 Å². The highest BCUT2D eigenvalue weighted by atomic mass is 79.9. The molecule has 0 fully saturated rings. The van der Waals surface area contributed by atoms with E-state index in [1.807, 2.05) is 6.08 Å². The maximum atomic E-state index is 5.66. The molecule has 0 amide bonds. The van der Waals surface area contributed by atoms with Gasteiger partial charge in [-0.25, -0.2) is 0 Å². The molecule has 3 heteroatoms. The van der Waals surface area contributed by atoms with E-state index in [0.717, 1.165) is 17.3 Å². The molecule has 0 aliphatic carbocycles. The molecule has 3 N–H and O–H groups in total. The Morgan fingerprint density at radius 3 is 2.72 bits per heavy atom. The summed E-state index contributed by atoms with van der Waals surface area (Å²) >= 11 is 3.53. The Balaban J connectivity index is 2.51. The van der Waals surface area contributed by atoms with Crippen LogP contribution in [0.15, 0.2) is 35.3 Å². The maximum absolute atomic E-state index is 5.66. The van der Waals surface area contributed by atoms with E-state index < -0.39 is 0 Å². The van der Waals surface area contributed by atoms with Crippen molar-refractivity contribution in [3.05, 3.63) is 46.5 Å². The van der Waals surface area contributed by atoms with Gasteiger partial charge in [-0.1, -0.05) is 40.9 Å². The summed E-state index contributed by atoms with van der Waals surface area (Å²) < 4.78 is 1.12. The number of allylic oxidation sites excluding steroid dienone is 1. The summed E-state index contributed by atoms with van der Waals surface area (Å²) in [6, 6.07) is 6.69. The van der Waals surface area contributed by atoms with Crippen LogP contribution in [0, 0.1) is 6.92 Å². The smallest absolute Gasteiger partial charge is 0.0460 e. The lowest BCUT2D eigenvalue weighted by atomic mass is 9.99. The van der Waals surface area contributed by atoms with Crippen LogP contribution in [0.25, 0.3) is 0 Å². The van der Waals surface area contributed by atoms with Gasteiger partial charge < -0.3 is 0 Å².